The number of piperidine rings is 1. The van der Waals surface area contributed by atoms with Crippen LogP contribution in [0.1, 0.15) is 25.3 Å². The molecule has 0 bridgehead atoms. The summed E-state index contributed by atoms with van der Waals surface area (Å²) in [6.45, 7) is 2.83. The van der Waals surface area contributed by atoms with Gasteiger partial charge in [-0.1, -0.05) is 12.1 Å². The first-order chi connectivity index (χ1) is 9.03. The lowest BCUT2D eigenvalue weighted by Gasteiger charge is -2.28. The average molecular weight is 279 g/mol. The molecule has 19 heavy (non-hydrogen) atoms. The first kappa shape index (κ1) is 14.0. The van der Waals surface area contributed by atoms with Gasteiger partial charge in [-0.3, -0.25) is 0 Å². The summed E-state index contributed by atoms with van der Waals surface area (Å²) < 4.78 is 27.3. The Morgan fingerprint density at radius 2 is 2.16 bits per heavy atom. The molecule has 1 aromatic carbocycles. The molecule has 0 saturated carbocycles. The smallest absolute Gasteiger partial charge is 0.242 e. The third-order valence-electron chi connectivity index (χ3n) is 3.24. The minimum absolute atomic E-state index is 0.0590. The number of hydrogen-bond acceptors (Lipinski definition) is 4. The fraction of sp³-hybridized carbons (Fsp3) is 0.462. The maximum Gasteiger partial charge on any atom is 0.242 e. The van der Waals surface area contributed by atoms with Gasteiger partial charge in [-0.2, -0.15) is 5.26 Å². The van der Waals surface area contributed by atoms with Crippen LogP contribution in [0.3, 0.4) is 0 Å². The predicted molar refractivity (Wildman–Crippen MR) is 72.0 cm³/mol. The molecule has 0 amide bonds. The summed E-state index contributed by atoms with van der Waals surface area (Å²) in [5.41, 5.74) is 0.178. The van der Waals surface area contributed by atoms with Crippen molar-refractivity contribution >= 4 is 10.0 Å². The van der Waals surface area contributed by atoms with Crippen molar-refractivity contribution in [3.8, 4) is 6.07 Å². The van der Waals surface area contributed by atoms with E-state index in [1.54, 1.807) is 12.1 Å². The minimum Gasteiger partial charge on any atom is -0.314 e. The molecule has 2 N–H and O–H groups in total. The largest absolute Gasteiger partial charge is 0.314 e. The molecule has 1 aliphatic heterocycles. The Bertz CT molecular complexity index is 592. The highest BCUT2D eigenvalue weighted by atomic mass is 32.2. The number of nitrogens with one attached hydrogen (secondary N) is 2. The van der Waals surface area contributed by atoms with Gasteiger partial charge in [-0.15, -0.1) is 0 Å². The van der Waals surface area contributed by atoms with Crippen LogP contribution in [0, 0.1) is 11.3 Å². The van der Waals surface area contributed by atoms with E-state index in [0.29, 0.717) is 6.04 Å². The van der Waals surface area contributed by atoms with Gasteiger partial charge in [0.1, 0.15) is 6.07 Å². The fourth-order valence-electron chi connectivity index (χ4n) is 2.32. The van der Waals surface area contributed by atoms with Gasteiger partial charge < -0.3 is 5.32 Å². The van der Waals surface area contributed by atoms with Crippen LogP contribution in [0.25, 0.3) is 0 Å². The second kappa shape index (κ2) is 5.70. The highest BCUT2D eigenvalue weighted by Gasteiger charge is 2.25. The van der Waals surface area contributed by atoms with Crippen molar-refractivity contribution in [2.75, 3.05) is 6.54 Å². The molecular weight excluding hydrogens is 262 g/mol. The van der Waals surface area contributed by atoms with Gasteiger partial charge in [0.25, 0.3) is 0 Å². The number of nitriles is 1. The van der Waals surface area contributed by atoms with Gasteiger partial charge in [0.2, 0.25) is 10.0 Å². The maximum atomic E-state index is 12.3. The van der Waals surface area contributed by atoms with Crippen molar-refractivity contribution in [3.63, 3.8) is 0 Å². The van der Waals surface area contributed by atoms with Crippen molar-refractivity contribution in [2.24, 2.45) is 0 Å². The number of rotatable bonds is 3. The van der Waals surface area contributed by atoms with E-state index < -0.39 is 10.0 Å². The van der Waals surface area contributed by atoms with Crippen molar-refractivity contribution in [1.82, 2.24) is 10.0 Å². The lowest BCUT2D eigenvalue weighted by atomic mass is 10.0. The second-order valence-electron chi connectivity index (χ2n) is 4.81. The standard InChI is InChI=1S/C13H17N3O2S/c1-10-8-12(6-7-15-10)16-19(17,18)13-5-3-2-4-11(13)9-14/h2-5,10,12,15-16H,6-8H2,1H3. The summed E-state index contributed by atoms with van der Waals surface area (Å²) in [5, 5.41) is 12.3. The molecule has 2 rings (SSSR count). The number of nitrogens with zero attached hydrogens (tertiary/aromatic N) is 1. The molecular formula is C13H17N3O2S. The zero-order valence-corrected chi connectivity index (χ0v) is 11.6. The lowest BCUT2D eigenvalue weighted by Crippen LogP contribution is -2.46. The van der Waals surface area contributed by atoms with Crippen LogP contribution in [0.2, 0.25) is 0 Å². The highest BCUT2D eigenvalue weighted by Crippen LogP contribution is 2.17. The van der Waals surface area contributed by atoms with Crippen LogP contribution < -0.4 is 10.0 Å². The topological polar surface area (TPSA) is 82.0 Å². The van der Waals surface area contributed by atoms with Crippen molar-refractivity contribution in [2.45, 2.75) is 36.7 Å². The lowest BCUT2D eigenvalue weighted by molar-refractivity contribution is 0.361. The number of benzene rings is 1. The van der Waals surface area contributed by atoms with Crippen LogP contribution in [0.5, 0.6) is 0 Å². The molecule has 2 atom stereocenters. The van der Waals surface area contributed by atoms with Crippen molar-refractivity contribution in [3.05, 3.63) is 29.8 Å². The first-order valence-corrected chi connectivity index (χ1v) is 7.76. The van der Waals surface area contributed by atoms with E-state index >= 15 is 0 Å². The normalized spacial score (nSPS) is 23.8. The third-order valence-corrected chi connectivity index (χ3v) is 4.82. The Kier molecular flexibility index (Phi) is 4.20. The predicted octanol–water partition coefficient (Wildman–Crippen LogP) is 0.977. The van der Waals surface area contributed by atoms with Crippen LogP contribution >= 0.6 is 0 Å². The maximum absolute atomic E-state index is 12.3. The van der Waals surface area contributed by atoms with Crippen molar-refractivity contribution < 1.29 is 8.42 Å². The number of hydrogen-bond donors (Lipinski definition) is 2. The van der Waals surface area contributed by atoms with E-state index in [0.717, 1.165) is 19.4 Å². The molecule has 6 heteroatoms. The molecule has 1 fully saturated rings. The minimum atomic E-state index is -3.63. The van der Waals surface area contributed by atoms with Crippen LogP contribution in [-0.4, -0.2) is 27.0 Å². The Morgan fingerprint density at radius 3 is 2.84 bits per heavy atom. The molecule has 1 heterocycles. The molecule has 2 unspecified atom stereocenters. The highest BCUT2D eigenvalue weighted by molar-refractivity contribution is 7.89. The van der Waals surface area contributed by atoms with Gasteiger partial charge in [0.15, 0.2) is 0 Å². The SMILES string of the molecule is CC1CC(NS(=O)(=O)c2ccccc2C#N)CCN1. The summed E-state index contributed by atoms with van der Waals surface area (Å²) in [7, 11) is -3.63. The van der Waals surface area contributed by atoms with Crippen LogP contribution in [0.4, 0.5) is 0 Å². The van der Waals surface area contributed by atoms with E-state index in [1.807, 2.05) is 13.0 Å². The van der Waals surface area contributed by atoms with Crippen LogP contribution in [0.15, 0.2) is 29.2 Å². The average Bonchev–Trinajstić information content (AvgIpc) is 2.38. The van der Waals surface area contributed by atoms with Gasteiger partial charge in [-0.25, -0.2) is 13.1 Å². The molecule has 0 spiro atoms. The Balaban J connectivity index is 2.21. The zero-order chi connectivity index (χ0) is 13.9. The van der Waals surface area contributed by atoms with Crippen LogP contribution in [-0.2, 0) is 10.0 Å². The molecule has 0 radical (unpaired) electrons. The van der Waals surface area contributed by atoms with Crippen molar-refractivity contribution in [1.29, 1.82) is 5.26 Å². The second-order valence-corrected chi connectivity index (χ2v) is 6.49. The fourth-order valence-corrected chi connectivity index (χ4v) is 3.76. The number of sulfonamides is 1. The van der Waals surface area contributed by atoms with Gasteiger partial charge in [0, 0.05) is 12.1 Å². The summed E-state index contributed by atoms with van der Waals surface area (Å²) in [4.78, 5) is 0.0590. The summed E-state index contributed by atoms with van der Waals surface area (Å²) >= 11 is 0. The van der Waals surface area contributed by atoms with E-state index in [2.05, 4.69) is 10.0 Å². The first-order valence-electron chi connectivity index (χ1n) is 6.28. The monoisotopic (exact) mass is 279 g/mol. The third kappa shape index (κ3) is 3.32. The molecule has 0 aliphatic carbocycles. The zero-order valence-electron chi connectivity index (χ0n) is 10.8. The van der Waals surface area contributed by atoms with Gasteiger partial charge in [-0.05, 0) is 38.4 Å². The summed E-state index contributed by atoms with van der Waals surface area (Å²) in [5.74, 6) is 0. The quantitative estimate of drug-likeness (QED) is 0.864. The molecule has 1 saturated heterocycles. The molecule has 102 valence electrons. The summed E-state index contributed by atoms with van der Waals surface area (Å²) in [6.07, 6.45) is 1.52. The van der Waals surface area contributed by atoms with Gasteiger partial charge >= 0.3 is 0 Å². The van der Waals surface area contributed by atoms with E-state index in [-0.39, 0.29) is 16.5 Å². The van der Waals surface area contributed by atoms with E-state index in [1.165, 1.54) is 12.1 Å². The van der Waals surface area contributed by atoms with E-state index in [9.17, 15) is 8.42 Å². The van der Waals surface area contributed by atoms with Gasteiger partial charge in [0.05, 0.1) is 10.5 Å². The Morgan fingerprint density at radius 1 is 1.42 bits per heavy atom. The molecule has 0 aromatic heterocycles. The van der Waals surface area contributed by atoms with E-state index in [4.69, 9.17) is 5.26 Å². The molecule has 5 nitrogen and oxygen atoms in total. The Hall–Kier alpha value is -1.42. The molecule has 1 aromatic rings. The molecule has 1 aliphatic rings. The summed E-state index contributed by atoms with van der Waals surface area (Å²) in [6, 6.07) is 8.40. The Labute approximate surface area is 113 Å².